The highest BCUT2D eigenvalue weighted by Crippen LogP contribution is 2.25. The molecule has 0 saturated heterocycles. The van der Waals surface area contributed by atoms with E-state index < -0.39 is 10.0 Å². The van der Waals surface area contributed by atoms with E-state index in [1.807, 2.05) is 57.2 Å². The summed E-state index contributed by atoms with van der Waals surface area (Å²) in [6.07, 6.45) is 0. The zero-order valence-corrected chi connectivity index (χ0v) is 16.2. The fourth-order valence-electron chi connectivity index (χ4n) is 2.90. The minimum atomic E-state index is -3.62. The number of hydrogen-bond acceptors (Lipinski definition) is 3. The van der Waals surface area contributed by atoms with Crippen molar-refractivity contribution in [3.8, 4) is 5.75 Å². The second kappa shape index (κ2) is 7.09. The summed E-state index contributed by atoms with van der Waals surface area (Å²) in [5, 5.41) is 1.79. The number of methoxy groups -OCH3 is 1. The van der Waals surface area contributed by atoms with Crippen molar-refractivity contribution in [2.24, 2.45) is 0 Å². The van der Waals surface area contributed by atoms with Crippen LogP contribution < -0.4 is 9.46 Å². The molecule has 3 aromatic rings. The lowest BCUT2D eigenvalue weighted by molar-refractivity contribution is 0.415. The van der Waals surface area contributed by atoms with Crippen LogP contribution in [0.25, 0.3) is 10.8 Å². The highest BCUT2D eigenvalue weighted by Gasteiger charge is 2.19. The van der Waals surface area contributed by atoms with Gasteiger partial charge in [-0.25, -0.2) is 13.1 Å². The van der Waals surface area contributed by atoms with Gasteiger partial charge in [0, 0.05) is 6.04 Å². The molecule has 0 radical (unpaired) electrons. The second-order valence-electron chi connectivity index (χ2n) is 6.56. The molecule has 0 unspecified atom stereocenters. The molecule has 0 aliphatic rings. The Labute approximate surface area is 154 Å². The molecule has 0 amide bonds. The van der Waals surface area contributed by atoms with Gasteiger partial charge in [0.05, 0.1) is 12.0 Å². The van der Waals surface area contributed by atoms with Gasteiger partial charge in [-0.2, -0.15) is 0 Å². The number of benzene rings is 3. The van der Waals surface area contributed by atoms with E-state index in [-0.39, 0.29) is 10.9 Å². The summed E-state index contributed by atoms with van der Waals surface area (Å²) >= 11 is 0. The lowest BCUT2D eigenvalue weighted by Gasteiger charge is -2.16. The first-order valence-electron chi connectivity index (χ1n) is 8.47. The summed E-state index contributed by atoms with van der Waals surface area (Å²) in [7, 11) is -2.01. The minimum absolute atomic E-state index is 0.255. The van der Waals surface area contributed by atoms with E-state index in [2.05, 4.69) is 4.72 Å². The number of rotatable bonds is 5. The van der Waals surface area contributed by atoms with Gasteiger partial charge in [-0.05, 0) is 72.5 Å². The van der Waals surface area contributed by atoms with Crippen LogP contribution in [0.2, 0.25) is 0 Å². The van der Waals surface area contributed by atoms with E-state index in [9.17, 15) is 8.42 Å². The average Bonchev–Trinajstić information content (AvgIpc) is 2.62. The van der Waals surface area contributed by atoms with E-state index in [0.29, 0.717) is 0 Å². The van der Waals surface area contributed by atoms with Crippen LogP contribution in [0.1, 0.15) is 29.7 Å². The first-order chi connectivity index (χ1) is 12.3. The predicted octanol–water partition coefficient (Wildman–Crippen LogP) is 4.50. The van der Waals surface area contributed by atoms with Crippen molar-refractivity contribution in [3.63, 3.8) is 0 Å². The number of hydrogen-bond donors (Lipinski definition) is 1. The van der Waals surface area contributed by atoms with Crippen LogP contribution in [0.15, 0.2) is 59.5 Å². The Bertz CT molecular complexity index is 1060. The first-order valence-corrected chi connectivity index (χ1v) is 9.96. The van der Waals surface area contributed by atoms with Crippen LogP contribution in [-0.4, -0.2) is 15.5 Å². The van der Waals surface area contributed by atoms with Crippen molar-refractivity contribution in [2.75, 3.05) is 7.11 Å². The third-order valence-electron chi connectivity index (χ3n) is 4.69. The molecule has 26 heavy (non-hydrogen) atoms. The van der Waals surface area contributed by atoms with Crippen molar-refractivity contribution in [3.05, 3.63) is 71.3 Å². The van der Waals surface area contributed by atoms with Gasteiger partial charge in [0.2, 0.25) is 10.0 Å². The number of sulfonamides is 1. The fourth-order valence-corrected chi connectivity index (χ4v) is 4.17. The van der Waals surface area contributed by atoms with Crippen LogP contribution >= 0.6 is 0 Å². The Morgan fingerprint density at radius 1 is 0.885 bits per heavy atom. The molecule has 1 atom stereocenters. The van der Waals surface area contributed by atoms with E-state index in [1.54, 1.807) is 25.3 Å². The maximum atomic E-state index is 12.8. The van der Waals surface area contributed by atoms with Crippen molar-refractivity contribution < 1.29 is 13.2 Å². The maximum absolute atomic E-state index is 12.8. The smallest absolute Gasteiger partial charge is 0.241 e. The first kappa shape index (κ1) is 18.4. The van der Waals surface area contributed by atoms with Crippen molar-refractivity contribution in [1.82, 2.24) is 4.72 Å². The zero-order chi connectivity index (χ0) is 18.9. The molecule has 0 saturated carbocycles. The third kappa shape index (κ3) is 3.74. The summed E-state index contributed by atoms with van der Waals surface area (Å²) < 4.78 is 33.6. The summed E-state index contributed by atoms with van der Waals surface area (Å²) in [6, 6.07) is 16.4. The van der Waals surface area contributed by atoms with E-state index in [1.165, 1.54) is 5.56 Å². The van der Waals surface area contributed by atoms with Crippen LogP contribution in [0.4, 0.5) is 0 Å². The molecule has 3 rings (SSSR count). The highest BCUT2D eigenvalue weighted by atomic mass is 32.2. The molecule has 0 aliphatic carbocycles. The number of aryl methyl sites for hydroxylation is 2. The Balaban J connectivity index is 1.89. The van der Waals surface area contributed by atoms with E-state index >= 15 is 0 Å². The Kier molecular flexibility index (Phi) is 5.03. The van der Waals surface area contributed by atoms with Crippen molar-refractivity contribution in [2.45, 2.75) is 31.7 Å². The summed E-state index contributed by atoms with van der Waals surface area (Å²) in [5.41, 5.74) is 3.28. The Morgan fingerprint density at radius 3 is 2.27 bits per heavy atom. The molecule has 0 bridgehead atoms. The molecular formula is C21H23NO3S. The zero-order valence-electron chi connectivity index (χ0n) is 15.4. The van der Waals surface area contributed by atoms with Crippen LogP contribution in [-0.2, 0) is 10.0 Å². The van der Waals surface area contributed by atoms with Gasteiger partial charge in [0.15, 0.2) is 0 Å². The molecule has 0 aromatic heterocycles. The Morgan fingerprint density at radius 2 is 1.58 bits per heavy atom. The lowest BCUT2D eigenvalue weighted by atomic mass is 10.0. The van der Waals surface area contributed by atoms with Crippen molar-refractivity contribution in [1.29, 1.82) is 0 Å². The van der Waals surface area contributed by atoms with Gasteiger partial charge >= 0.3 is 0 Å². The number of ether oxygens (including phenoxy) is 1. The highest BCUT2D eigenvalue weighted by molar-refractivity contribution is 7.89. The van der Waals surface area contributed by atoms with Gasteiger partial charge in [-0.1, -0.05) is 30.3 Å². The fraction of sp³-hybridized carbons (Fsp3) is 0.238. The summed E-state index contributed by atoms with van der Waals surface area (Å²) in [5.74, 6) is 0.745. The standard InChI is InChI=1S/C21H23NO3S/c1-14-5-6-17(11-15(14)2)16(3)22-26(23,24)21-10-8-18-12-20(25-4)9-7-19(18)13-21/h5-13,16,22H,1-4H3/t16-/m0/s1. The second-order valence-corrected chi connectivity index (χ2v) is 8.28. The van der Waals surface area contributed by atoms with Crippen molar-refractivity contribution >= 4 is 20.8 Å². The van der Waals surface area contributed by atoms with Crippen LogP contribution in [0.5, 0.6) is 5.75 Å². The normalized spacial score (nSPS) is 12.9. The van der Waals surface area contributed by atoms with Gasteiger partial charge < -0.3 is 4.74 Å². The van der Waals surface area contributed by atoms with E-state index in [4.69, 9.17) is 4.74 Å². The molecule has 0 fully saturated rings. The monoisotopic (exact) mass is 369 g/mol. The quantitative estimate of drug-likeness (QED) is 0.720. The SMILES string of the molecule is COc1ccc2cc(S(=O)(=O)N[C@@H](C)c3ccc(C)c(C)c3)ccc2c1. The molecule has 0 heterocycles. The molecule has 4 nitrogen and oxygen atoms in total. The Hall–Kier alpha value is -2.37. The number of fused-ring (bicyclic) bond motifs is 1. The molecule has 0 spiro atoms. The third-order valence-corrected chi connectivity index (χ3v) is 6.23. The molecule has 3 aromatic carbocycles. The van der Waals surface area contributed by atoms with Crippen LogP contribution in [0.3, 0.4) is 0 Å². The summed E-state index contributed by atoms with van der Waals surface area (Å²) in [6.45, 7) is 5.92. The lowest BCUT2D eigenvalue weighted by Crippen LogP contribution is -2.27. The largest absolute Gasteiger partial charge is 0.497 e. The molecule has 5 heteroatoms. The molecule has 1 N–H and O–H groups in total. The van der Waals surface area contributed by atoms with Gasteiger partial charge in [0.1, 0.15) is 5.75 Å². The van der Waals surface area contributed by atoms with Gasteiger partial charge in [-0.3, -0.25) is 0 Å². The number of nitrogens with one attached hydrogen (secondary N) is 1. The average molecular weight is 369 g/mol. The molecular weight excluding hydrogens is 346 g/mol. The van der Waals surface area contributed by atoms with Gasteiger partial charge in [0.25, 0.3) is 0 Å². The summed E-state index contributed by atoms with van der Waals surface area (Å²) in [4.78, 5) is 0.255. The predicted molar refractivity (Wildman–Crippen MR) is 105 cm³/mol. The molecule has 136 valence electrons. The molecule has 0 aliphatic heterocycles. The van der Waals surface area contributed by atoms with E-state index in [0.717, 1.165) is 27.6 Å². The topological polar surface area (TPSA) is 55.4 Å². The minimum Gasteiger partial charge on any atom is -0.497 e. The van der Waals surface area contributed by atoms with Gasteiger partial charge in [-0.15, -0.1) is 0 Å². The maximum Gasteiger partial charge on any atom is 0.241 e. The van der Waals surface area contributed by atoms with Crippen LogP contribution in [0, 0.1) is 13.8 Å².